The van der Waals surface area contributed by atoms with Crippen molar-refractivity contribution in [2.24, 2.45) is 0 Å². The van der Waals surface area contributed by atoms with Gasteiger partial charge in [0.25, 0.3) is 0 Å². The van der Waals surface area contributed by atoms with Crippen molar-refractivity contribution in [3.8, 4) is 0 Å². The summed E-state index contributed by atoms with van der Waals surface area (Å²) >= 11 is 0. The summed E-state index contributed by atoms with van der Waals surface area (Å²) in [6.07, 6.45) is 61.7. The molecule has 0 aliphatic rings. The molecule has 1 atom stereocenters. The molecule has 0 saturated heterocycles. The van der Waals surface area contributed by atoms with Crippen LogP contribution in [0.3, 0.4) is 0 Å². The molecule has 0 heterocycles. The Hall–Kier alpha value is -3.15. The van der Waals surface area contributed by atoms with Crippen LogP contribution in [0, 0.1) is 0 Å². The molecular weight excluding hydrogens is 757 g/mol. The summed E-state index contributed by atoms with van der Waals surface area (Å²) in [6.45, 7) is 6.42. The van der Waals surface area contributed by atoms with Gasteiger partial charge < -0.3 is 14.2 Å². The van der Waals surface area contributed by atoms with Crippen molar-refractivity contribution in [3.05, 3.63) is 72.9 Å². The average Bonchev–Trinajstić information content (AvgIpc) is 3.26. The lowest BCUT2D eigenvalue weighted by atomic mass is 10.1. The van der Waals surface area contributed by atoms with E-state index in [2.05, 4.69) is 93.7 Å². The first kappa shape index (κ1) is 57.9. The molecule has 6 heteroatoms. The zero-order valence-corrected chi connectivity index (χ0v) is 39.9. The van der Waals surface area contributed by atoms with Crippen LogP contribution >= 0.6 is 0 Å². The van der Waals surface area contributed by atoms with Gasteiger partial charge in [-0.2, -0.15) is 0 Å². The fourth-order valence-corrected chi connectivity index (χ4v) is 6.84. The second-order valence-electron chi connectivity index (χ2n) is 16.7. The Morgan fingerprint density at radius 1 is 0.344 bits per heavy atom. The van der Waals surface area contributed by atoms with E-state index in [1.54, 1.807) is 0 Å². The number of hydrogen-bond donors (Lipinski definition) is 0. The Balaban J connectivity index is 4.41. The number of hydrogen-bond acceptors (Lipinski definition) is 6. The van der Waals surface area contributed by atoms with Crippen LogP contribution in [0.5, 0.6) is 0 Å². The van der Waals surface area contributed by atoms with Gasteiger partial charge in [-0.05, 0) is 103 Å². The van der Waals surface area contributed by atoms with Crippen LogP contribution in [0.1, 0.15) is 239 Å². The molecular formula is C55H94O6. The maximum absolute atomic E-state index is 12.8. The number of unbranched alkanes of at least 4 members (excludes halogenated alkanes) is 22. The Bertz CT molecular complexity index is 1160. The summed E-state index contributed by atoms with van der Waals surface area (Å²) in [5.74, 6) is -0.934. The van der Waals surface area contributed by atoms with Gasteiger partial charge >= 0.3 is 17.9 Å². The third kappa shape index (κ3) is 47.7. The zero-order chi connectivity index (χ0) is 44.4. The normalized spacial score (nSPS) is 12.6. The summed E-state index contributed by atoms with van der Waals surface area (Å²) in [5.41, 5.74) is 0. The van der Waals surface area contributed by atoms with Crippen molar-refractivity contribution in [1.29, 1.82) is 0 Å². The van der Waals surface area contributed by atoms with E-state index in [9.17, 15) is 14.4 Å². The van der Waals surface area contributed by atoms with Gasteiger partial charge in [0.1, 0.15) is 13.2 Å². The third-order valence-corrected chi connectivity index (χ3v) is 10.6. The summed E-state index contributed by atoms with van der Waals surface area (Å²) in [7, 11) is 0. The minimum Gasteiger partial charge on any atom is -0.462 e. The average molecular weight is 851 g/mol. The highest BCUT2D eigenvalue weighted by Gasteiger charge is 2.19. The fourth-order valence-electron chi connectivity index (χ4n) is 6.84. The highest BCUT2D eigenvalue weighted by molar-refractivity contribution is 5.71. The van der Waals surface area contributed by atoms with E-state index < -0.39 is 6.10 Å². The van der Waals surface area contributed by atoms with Crippen molar-refractivity contribution in [3.63, 3.8) is 0 Å². The Kier molecular flexibility index (Phi) is 46.9. The van der Waals surface area contributed by atoms with Gasteiger partial charge in [-0.1, -0.05) is 190 Å². The largest absolute Gasteiger partial charge is 0.462 e. The molecule has 0 N–H and O–H groups in total. The maximum Gasteiger partial charge on any atom is 0.306 e. The number of esters is 3. The van der Waals surface area contributed by atoms with Crippen LogP contribution in [0.25, 0.3) is 0 Å². The monoisotopic (exact) mass is 851 g/mol. The van der Waals surface area contributed by atoms with Crippen molar-refractivity contribution < 1.29 is 28.6 Å². The quantitative estimate of drug-likeness (QED) is 0.0263. The minimum atomic E-state index is -0.792. The lowest BCUT2D eigenvalue weighted by Crippen LogP contribution is -2.30. The van der Waals surface area contributed by atoms with E-state index in [1.807, 2.05) is 0 Å². The van der Waals surface area contributed by atoms with Crippen molar-refractivity contribution in [2.45, 2.75) is 245 Å². The molecule has 0 aliphatic heterocycles. The van der Waals surface area contributed by atoms with Gasteiger partial charge in [0, 0.05) is 19.3 Å². The second-order valence-corrected chi connectivity index (χ2v) is 16.7. The second kappa shape index (κ2) is 49.5. The van der Waals surface area contributed by atoms with Crippen LogP contribution in [-0.4, -0.2) is 37.2 Å². The molecule has 1 unspecified atom stereocenters. The predicted molar refractivity (Wildman–Crippen MR) is 261 cm³/mol. The van der Waals surface area contributed by atoms with Gasteiger partial charge in [-0.25, -0.2) is 0 Å². The molecule has 0 aromatic heterocycles. The number of carbonyl (C=O) groups excluding carboxylic acids is 3. The highest BCUT2D eigenvalue weighted by atomic mass is 16.6. The number of ether oxygens (including phenoxy) is 3. The number of allylic oxidation sites excluding steroid dienone is 12. The SMILES string of the molecule is CC/C=C\C/C=C\C/C=C\C/C=C\CCCCCCC(=O)OCC(COC(=O)CCCCCCC/C=C\CCC)OC(=O)CCCCCCC/C=C\CCCCCCCCC. The van der Waals surface area contributed by atoms with Crippen molar-refractivity contribution >= 4 is 17.9 Å². The molecule has 0 rings (SSSR count). The van der Waals surface area contributed by atoms with E-state index in [1.165, 1.54) is 70.6 Å². The minimum absolute atomic E-state index is 0.0915. The summed E-state index contributed by atoms with van der Waals surface area (Å²) in [6, 6.07) is 0. The first-order valence-electron chi connectivity index (χ1n) is 25.4. The number of carbonyl (C=O) groups is 3. The topological polar surface area (TPSA) is 78.9 Å². The van der Waals surface area contributed by atoms with Gasteiger partial charge in [-0.15, -0.1) is 0 Å². The van der Waals surface area contributed by atoms with Crippen molar-refractivity contribution in [1.82, 2.24) is 0 Å². The van der Waals surface area contributed by atoms with E-state index in [4.69, 9.17) is 14.2 Å². The van der Waals surface area contributed by atoms with Crippen LogP contribution in [0.2, 0.25) is 0 Å². The third-order valence-electron chi connectivity index (χ3n) is 10.6. The Labute approximate surface area is 376 Å². The van der Waals surface area contributed by atoms with E-state index in [0.29, 0.717) is 19.3 Å². The molecule has 0 saturated carbocycles. The molecule has 0 fully saturated rings. The molecule has 350 valence electrons. The standard InChI is InChI=1S/C55H94O6/c1-4-7-10-13-16-19-22-24-26-28-30-31-33-36-39-42-45-48-54(57)60-51-52(50-59-53(56)47-44-41-38-35-21-18-15-12-9-6-3)61-55(58)49-46-43-40-37-34-32-29-27-25-23-20-17-14-11-8-5-2/h7,10,12,15-16,19,24,26-27,29-31,52H,4-6,8-9,11,13-14,17-18,20-23,25,28,32-51H2,1-3H3/b10-7-,15-12-,19-16-,26-24-,29-27-,31-30-. The predicted octanol–water partition coefficient (Wildman–Crippen LogP) is 16.6. The number of rotatable bonds is 45. The lowest BCUT2D eigenvalue weighted by molar-refractivity contribution is -0.167. The maximum atomic E-state index is 12.8. The van der Waals surface area contributed by atoms with Gasteiger partial charge in [-0.3, -0.25) is 14.4 Å². The highest BCUT2D eigenvalue weighted by Crippen LogP contribution is 2.14. The molecule has 61 heavy (non-hydrogen) atoms. The van der Waals surface area contributed by atoms with Gasteiger partial charge in [0.15, 0.2) is 6.10 Å². The Morgan fingerprint density at radius 2 is 0.672 bits per heavy atom. The molecule has 0 aliphatic carbocycles. The molecule has 0 aromatic carbocycles. The van der Waals surface area contributed by atoms with Crippen LogP contribution in [0.4, 0.5) is 0 Å². The first-order valence-corrected chi connectivity index (χ1v) is 25.4. The molecule has 0 spiro atoms. The van der Waals surface area contributed by atoms with Gasteiger partial charge in [0.05, 0.1) is 0 Å². The summed E-state index contributed by atoms with van der Waals surface area (Å²) in [4.78, 5) is 37.9. The molecule has 0 amide bonds. The molecule has 6 nitrogen and oxygen atoms in total. The fraction of sp³-hybridized carbons (Fsp3) is 0.727. The van der Waals surface area contributed by atoms with Crippen LogP contribution in [0.15, 0.2) is 72.9 Å². The van der Waals surface area contributed by atoms with Crippen molar-refractivity contribution in [2.75, 3.05) is 13.2 Å². The van der Waals surface area contributed by atoms with E-state index in [-0.39, 0.29) is 31.1 Å². The molecule has 0 bridgehead atoms. The molecule has 0 aromatic rings. The molecule has 0 radical (unpaired) electrons. The lowest BCUT2D eigenvalue weighted by Gasteiger charge is -2.18. The van der Waals surface area contributed by atoms with Crippen LogP contribution < -0.4 is 0 Å². The van der Waals surface area contributed by atoms with E-state index >= 15 is 0 Å². The van der Waals surface area contributed by atoms with Gasteiger partial charge in [0.2, 0.25) is 0 Å². The summed E-state index contributed by atoms with van der Waals surface area (Å²) < 4.78 is 16.7. The van der Waals surface area contributed by atoms with Crippen LogP contribution in [-0.2, 0) is 28.6 Å². The first-order chi connectivity index (χ1) is 30.0. The zero-order valence-electron chi connectivity index (χ0n) is 39.9. The van der Waals surface area contributed by atoms with E-state index in [0.717, 1.165) is 128 Å². The smallest absolute Gasteiger partial charge is 0.306 e. The summed E-state index contributed by atoms with van der Waals surface area (Å²) in [5, 5.41) is 0. The Morgan fingerprint density at radius 3 is 1.08 bits per heavy atom.